The number of rotatable bonds is 6. The van der Waals surface area contributed by atoms with Crippen molar-refractivity contribution in [2.75, 3.05) is 6.54 Å². The van der Waals surface area contributed by atoms with E-state index < -0.39 is 5.91 Å². The quantitative estimate of drug-likeness (QED) is 0.801. The summed E-state index contributed by atoms with van der Waals surface area (Å²) in [6.45, 7) is 3.81. The van der Waals surface area contributed by atoms with Crippen LogP contribution in [-0.2, 0) is 6.54 Å². The molecule has 0 saturated carbocycles. The predicted octanol–water partition coefficient (Wildman–Crippen LogP) is 2.12. The molecule has 106 valence electrons. The van der Waals surface area contributed by atoms with Gasteiger partial charge in [-0.2, -0.15) is 5.10 Å². The lowest BCUT2D eigenvalue weighted by Crippen LogP contribution is -2.14. The van der Waals surface area contributed by atoms with Crippen LogP contribution in [0, 0.1) is 0 Å². The number of hydrogen-bond donors (Lipinski definition) is 2. The van der Waals surface area contributed by atoms with E-state index in [1.54, 1.807) is 10.9 Å². The fraction of sp³-hybridized carbons (Fsp3) is 0.286. The average Bonchev–Trinajstić information content (AvgIpc) is 2.90. The van der Waals surface area contributed by atoms with Crippen LogP contribution in [-0.4, -0.2) is 22.2 Å². The number of carbonyl (C=O) groups excluding carboxylic acids is 1. The Morgan fingerprint density at radius 3 is 2.90 bits per heavy atom. The van der Waals surface area contributed by atoms with E-state index >= 15 is 0 Å². The second-order valence-corrected chi connectivity index (χ2v) is 4.90. The van der Waals surface area contributed by atoms with Crippen molar-refractivity contribution < 1.29 is 4.79 Å². The van der Waals surface area contributed by atoms with Gasteiger partial charge >= 0.3 is 0 Å². The fourth-order valence-corrected chi connectivity index (χ4v) is 2.05. The topological polar surface area (TPSA) is 72.9 Å². The summed E-state index contributed by atoms with van der Waals surface area (Å²) in [5.74, 6) is -0.497. The molecule has 1 amide bonds. The summed E-state index contributed by atoms with van der Waals surface area (Å²) in [6, 6.07) is 5.68. The molecule has 2 rings (SSSR count). The third kappa shape index (κ3) is 3.37. The first kappa shape index (κ1) is 14.6. The summed E-state index contributed by atoms with van der Waals surface area (Å²) < 4.78 is 1.58. The maximum Gasteiger partial charge on any atom is 0.251 e. The van der Waals surface area contributed by atoms with Crippen LogP contribution in [0.2, 0.25) is 5.02 Å². The lowest BCUT2D eigenvalue weighted by molar-refractivity contribution is 0.100. The van der Waals surface area contributed by atoms with Gasteiger partial charge in [-0.15, -0.1) is 0 Å². The van der Waals surface area contributed by atoms with E-state index in [9.17, 15) is 4.79 Å². The number of carbonyl (C=O) groups is 1. The van der Waals surface area contributed by atoms with E-state index in [4.69, 9.17) is 17.3 Å². The van der Waals surface area contributed by atoms with Crippen LogP contribution in [0.4, 0.5) is 0 Å². The molecule has 6 heteroatoms. The monoisotopic (exact) mass is 292 g/mol. The van der Waals surface area contributed by atoms with Crippen LogP contribution in [0.25, 0.3) is 5.69 Å². The van der Waals surface area contributed by atoms with Gasteiger partial charge in [-0.1, -0.05) is 24.6 Å². The second-order valence-electron chi connectivity index (χ2n) is 4.49. The van der Waals surface area contributed by atoms with E-state index in [0.717, 1.165) is 30.8 Å². The summed E-state index contributed by atoms with van der Waals surface area (Å²) in [4.78, 5) is 11.0. The van der Waals surface area contributed by atoms with Crippen molar-refractivity contribution in [1.82, 2.24) is 15.1 Å². The summed E-state index contributed by atoms with van der Waals surface area (Å²) in [6.07, 6.45) is 4.11. The highest BCUT2D eigenvalue weighted by Crippen LogP contribution is 2.20. The molecule has 0 radical (unpaired) electrons. The molecule has 1 heterocycles. The van der Waals surface area contributed by atoms with Crippen LogP contribution in [0.1, 0.15) is 29.3 Å². The Balaban J connectivity index is 2.17. The molecule has 0 aliphatic heterocycles. The lowest BCUT2D eigenvalue weighted by atomic mass is 10.2. The molecule has 20 heavy (non-hydrogen) atoms. The van der Waals surface area contributed by atoms with Gasteiger partial charge in [-0.25, -0.2) is 4.68 Å². The molecule has 0 atom stereocenters. The summed E-state index contributed by atoms with van der Waals surface area (Å²) in [7, 11) is 0. The van der Waals surface area contributed by atoms with E-state index in [1.165, 1.54) is 6.20 Å². The smallest absolute Gasteiger partial charge is 0.251 e. The molecule has 5 nitrogen and oxygen atoms in total. The van der Waals surface area contributed by atoms with Crippen molar-refractivity contribution in [3.05, 3.63) is 46.7 Å². The van der Waals surface area contributed by atoms with Gasteiger partial charge in [0.1, 0.15) is 0 Å². The number of nitrogens with zero attached hydrogens (tertiary/aromatic N) is 2. The molecule has 0 bridgehead atoms. The summed E-state index contributed by atoms with van der Waals surface area (Å²) in [5, 5.41) is 8.07. The number of benzene rings is 1. The maximum atomic E-state index is 11.0. The SMILES string of the molecule is CCCNCc1ccc(-n2cc(C(N)=O)cn2)cc1Cl. The minimum absolute atomic E-state index is 0.370. The molecule has 0 spiro atoms. The van der Waals surface area contributed by atoms with E-state index in [0.29, 0.717) is 10.6 Å². The molecule has 0 unspecified atom stereocenters. The highest BCUT2D eigenvalue weighted by molar-refractivity contribution is 6.31. The van der Waals surface area contributed by atoms with Crippen LogP contribution in [0.3, 0.4) is 0 Å². The van der Waals surface area contributed by atoms with Crippen LogP contribution < -0.4 is 11.1 Å². The van der Waals surface area contributed by atoms with E-state index in [2.05, 4.69) is 17.3 Å². The predicted molar refractivity (Wildman–Crippen MR) is 79.1 cm³/mol. The van der Waals surface area contributed by atoms with Gasteiger partial charge in [0, 0.05) is 17.8 Å². The Hall–Kier alpha value is -1.85. The molecule has 1 aromatic carbocycles. The molecular weight excluding hydrogens is 276 g/mol. The zero-order valence-electron chi connectivity index (χ0n) is 11.3. The second kappa shape index (κ2) is 6.54. The van der Waals surface area contributed by atoms with Crippen molar-refractivity contribution in [3.8, 4) is 5.69 Å². The fourth-order valence-electron chi connectivity index (χ4n) is 1.81. The van der Waals surface area contributed by atoms with Crippen LogP contribution >= 0.6 is 11.6 Å². The van der Waals surface area contributed by atoms with Gasteiger partial charge in [0.2, 0.25) is 0 Å². The average molecular weight is 293 g/mol. The number of amides is 1. The Kier molecular flexibility index (Phi) is 4.76. The third-order valence-electron chi connectivity index (χ3n) is 2.91. The van der Waals surface area contributed by atoms with Gasteiger partial charge in [-0.05, 0) is 30.7 Å². The summed E-state index contributed by atoms with van der Waals surface area (Å²) >= 11 is 6.25. The number of halogens is 1. The minimum Gasteiger partial charge on any atom is -0.366 e. The normalized spacial score (nSPS) is 10.7. The molecule has 2 aromatic rings. The van der Waals surface area contributed by atoms with Crippen molar-refractivity contribution >= 4 is 17.5 Å². The van der Waals surface area contributed by atoms with E-state index in [-0.39, 0.29) is 0 Å². The Morgan fingerprint density at radius 1 is 1.50 bits per heavy atom. The molecule has 0 aliphatic rings. The van der Waals surface area contributed by atoms with Gasteiger partial charge in [0.25, 0.3) is 5.91 Å². The van der Waals surface area contributed by atoms with Crippen molar-refractivity contribution in [2.24, 2.45) is 5.73 Å². The Bertz CT molecular complexity index is 609. The van der Waals surface area contributed by atoms with Gasteiger partial charge in [-0.3, -0.25) is 4.79 Å². The molecule has 3 N–H and O–H groups in total. The first-order chi connectivity index (χ1) is 9.61. The Morgan fingerprint density at radius 2 is 2.30 bits per heavy atom. The summed E-state index contributed by atoms with van der Waals surface area (Å²) in [5.41, 5.74) is 7.40. The van der Waals surface area contributed by atoms with Gasteiger partial charge in [0.05, 0.1) is 17.4 Å². The van der Waals surface area contributed by atoms with Crippen LogP contribution in [0.15, 0.2) is 30.6 Å². The highest BCUT2D eigenvalue weighted by Gasteiger charge is 2.07. The molecule has 0 aliphatic carbocycles. The number of nitrogens with two attached hydrogens (primary N) is 1. The van der Waals surface area contributed by atoms with E-state index in [1.807, 2.05) is 18.2 Å². The minimum atomic E-state index is -0.497. The maximum absolute atomic E-state index is 11.0. The number of primary amides is 1. The van der Waals surface area contributed by atoms with Crippen molar-refractivity contribution in [1.29, 1.82) is 0 Å². The highest BCUT2D eigenvalue weighted by atomic mass is 35.5. The first-order valence-electron chi connectivity index (χ1n) is 6.45. The lowest BCUT2D eigenvalue weighted by Gasteiger charge is -2.08. The third-order valence-corrected chi connectivity index (χ3v) is 3.26. The van der Waals surface area contributed by atoms with Crippen molar-refractivity contribution in [2.45, 2.75) is 19.9 Å². The number of aromatic nitrogens is 2. The van der Waals surface area contributed by atoms with Gasteiger partial charge in [0.15, 0.2) is 0 Å². The van der Waals surface area contributed by atoms with Crippen LogP contribution in [0.5, 0.6) is 0 Å². The standard InChI is InChI=1S/C14H17ClN4O/c1-2-5-17-7-10-3-4-12(6-13(10)15)19-9-11(8-18-19)14(16)20/h3-4,6,8-9,17H,2,5,7H2,1H3,(H2,16,20). The molecule has 1 aromatic heterocycles. The zero-order chi connectivity index (χ0) is 14.5. The van der Waals surface area contributed by atoms with Gasteiger partial charge < -0.3 is 11.1 Å². The van der Waals surface area contributed by atoms with Crippen molar-refractivity contribution in [3.63, 3.8) is 0 Å². The Labute approximate surface area is 122 Å². The number of hydrogen-bond acceptors (Lipinski definition) is 3. The zero-order valence-corrected chi connectivity index (χ0v) is 12.0. The molecule has 0 saturated heterocycles. The molecule has 0 fully saturated rings. The first-order valence-corrected chi connectivity index (χ1v) is 6.83. The largest absolute Gasteiger partial charge is 0.366 e. The molecular formula is C14H17ClN4O. The number of nitrogens with one attached hydrogen (secondary N) is 1.